The highest BCUT2D eigenvalue weighted by molar-refractivity contribution is 5.03. The summed E-state index contributed by atoms with van der Waals surface area (Å²) in [6.07, 6.45) is -1.66. The molecule has 0 bridgehead atoms. The first kappa shape index (κ1) is 14.0. The van der Waals surface area contributed by atoms with E-state index in [1.54, 1.807) is 0 Å². The van der Waals surface area contributed by atoms with Crippen LogP contribution in [0, 0.1) is 5.92 Å². The number of nitrogens with zero attached hydrogens (tertiary/aromatic N) is 3. The van der Waals surface area contributed by atoms with Crippen LogP contribution < -0.4 is 5.56 Å². The maximum Gasteiger partial charge on any atom is 0.433 e. The minimum atomic E-state index is -4.56. The second-order valence-electron chi connectivity index (χ2n) is 5.01. The Labute approximate surface area is 108 Å². The molecule has 1 fully saturated rings. The van der Waals surface area contributed by atoms with Gasteiger partial charge in [-0.15, -0.1) is 0 Å². The maximum atomic E-state index is 12.4. The number of hydrogen-bond acceptors (Lipinski definition) is 3. The quantitative estimate of drug-likeness (QED) is 0.823. The van der Waals surface area contributed by atoms with Crippen molar-refractivity contribution in [2.45, 2.75) is 25.6 Å². The largest absolute Gasteiger partial charge is 0.433 e. The summed E-state index contributed by atoms with van der Waals surface area (Å²) < 4.78 is 38.4. The van der Waals surface area contributed by atoms with E-state index in [9.17, 15) is 18.0 Å². The van der Waals surface area contributed by atoms with Crippen LogP contribution in [0.1, 0.15) is 18.5 Å². The molecule has 1 aromatic heterocycles. The van der Waals surface area contributed by atoms with Crippen molar-refractivity contribution in [1.29, 1.82) is 0 Å². The molecule has 4 nitrogen and oxygen atoms in total. The first-order valence-corrected chi connectivity index (χ1v) is 6.18. The van der Waals surface area contributed by atoms with Crippen LogP contribution in [0.4, 0.5) is 13.2 Å². The summed E-state index contributed by atoms with van der Waals surface area (Å²) in [5.41, 5.74) is -1.77. The summed E-state index contributed by atoms with van der Waals surface area (Å²) in [6.45, 7) is 2.35. The molecule has 1 aromatic rings. The average molecular weight is 275 g/mol. The van der Waals surface area contributed by atoms with Crippen molar-refractivity contribution in [3.8, 4) is 0 Å². The Hall–Kier alpha value is -1.37. The number of piperidine rings is 1. The van der Waals surface area contributed by atoms with E-state index in [-0.39, 0.29) is 0 Å². The molecule has 0 amide bonds. The molecule has 106 valence electrons. The van der Waals surface area contributed by atoms with Gasteiger partial charge < -0.3 is 4.90 Å². The van der Waals surface area contributed by atoms with Crippen LogP contribution in [-0.2, 0) is 12.7 Å². The molecule has 19 heavy (non-hydrogen) atoms. The van der Waals surface area contributed by atoms with Crippen LogP contribution >= 0.6 is 0 Å². The Bertz CT molecular complexity index is 490. The zero-order valence-electron chi connectivity index (χ0n) is 10.7. The van der Waals surface area contributed by atoms with E-state index >= 15 is 0 Å². The molecule has 0 N–H and O–H groups in total. The molecular weight excluding hydrogens is 259 g/mol. The molecule has 0 spiro atoms. The third-order valence-electron chi connectivity index (χ3n) is 3.46. The molecule has 1 aliphatic heterocycles. The lowest BCUT2D eigenvalue weighted by atomic mass is 9.97. The summed E-state index contributed by atoms with van der Waals surface area (Å²) in [5, 5.41) is 0. The predicted octanol–water partition coefficient (Wildman–Crippen LogP) is 1.60. The monoisotopic (exact) mass is 275 g/mol. The van der Waals surface area contributed by atoms with Crippen molar-refractivity contribution in [1.82, 2.24) is 14.5 Å². The van der Waals surface area contributed by atoms with Gasteiger partial charge in [-0.05, 0) is 38.9 Å². The molecule has 0 atom stereocenters. The van der Waals surface area contributed by atoms with E-state index in [4.69, 9.17) is 0 Å². The van der Waals surface area contributed by atoms with Crippen molar-refractivity contribution in [3.63, 3.8) is 0 Å². The van der Waals surface area contributed by atoms with Gasteiger partial charge in [0.2, 0.25) is 0 Å². The highest BCUT2D eigenvalue weighted by Gasteiger charge is 2.33. The molecule has 0 aromatic carbocycles. The Kier molecular flexibility index (Phi) is 3.93. The highest BCUT2D eigenvalue weighted by Crippen LogP contribution is 2.26. The SMILES string of the molecule is CN1CCC(Cn2cnc(C(F)(F)F)cc2=O)CC1. The summed E-state index contributed by atoms with van der Waals surface area (Å²) in [5.74, 6) is 0.326. The topological polar surface area (TPSA) is 38.1 Å². The van der Waals surface area contributed by atoms with Gasteiger partial charge in [0, 0.05) is 12.6 Å². The summed E-state index contributed by atoms with van der Waals surface area (Å²) >= 11 is 0. The van der Waals surface area contributed by atoms with Crippen LogP contribution in [0.2, 0.25) is 0 Å². The number of alkyl halides is 3. The van der Waals surface area contributed by atoms with Gasteiger partial charge in [0.05, 0.1) is 6.33 Å². The highest BCUT2D eigenvalue weighted by atomic mass is 19.4. The molecule has 0 saturated carbocycles. The van der Waals surface area contributed by atoms with E-state index in [2.05, 4.69) is 9.88 Å². The standard InChI is InChI=1S/C12H16F3N3O/c1-17-4-2-9(3-5-17)7-18-8-16-10(6-11(18)19)12(13,14)15/h6,8-9H,2-5,7H2,1H3. The van der Waals surface area contributed by atoms with Crippen LogP contribution in [-0.4, -0.2) is 34.6 Å². The van der Waals surface area contributed by atoms with E-state index in [0.717, 1.165) is 32.3 Å². The average Bonchev–Trinajstić information content (AvgIpc) is 2.33. The van der Waals surface area contributed by atoms with Crippen LogP contribution in [0.25, 0.3) is 0 Å². The fourth-order valence-corrected chi connectivity index (χ4v) is 2.24. The summed E-state index contributed by atoms with van der Waals surface area (Å²) in [7, 11) is 2.03. The second kappa shape index (κ2) is 5.32. The van der Waals surface area contributed by atoms with E-state index in [1.807, 2.05) is 7.05 Å². The molecule has 1 saturated heterocycles. The van der Waals surface area contributed by atoms with Gasteiger partial charge in [-0.2, -0.15) is 13.2 Å². The van der Waals surface area contributed by atoms with Crippen LogP contribution in [0.5, 0.6) is 0 Å². The maximum absolute atomic E-state index is 12.4. The lowest BCUT2D eigenvalue weighted by Crippen LogP contribution is -2.34. The minimum Gasteiger partial charge on any atom is -0.306 e. The first-order valence-electron chi connectivity index (χ1n) is 6.18. The number of likely N-dealkylation sites (tertiary alicyclic amines) is 1. The fourth-order valence-electron chi connectivity index (χ4n) is 2.24. The first-order chi connectivity index (χ1) is 8.86. The molecule has 2 rings (SSSR count). The van der Waals surface area contributed by atoms with E-state index in [0.29, 0.717) is 18.5 Å². The number of hydrogen-bond donors (Lipinski definition) is 0. The third-order valence-corrected chi connectivity index (χ3v) is 3.46. The summed E-state index contributed by atoms with van der Waals surface area (Å²) in [4.78, 5) is 17.2. The van der Waals surface area contributed by atoms with E-state index < -0.39 is 17.4 Å². The second-order valence-corrected chi connectivity index (χ2v) is 5.01. The minimum absolute atomic E-state index is 0.326. The zero-order valence-corrected chi connectivity index (χ0v) is 10.7. The summed E-state index contributed by atoms with van der Waals surface area (Å²) in [6, 6.07) is 0.564. The van der Waals surface area contributed by atoms with Gasteiger partial charge in [-0.3, -0.25) is 9.36 Å². The zero-order chi connectivity index (χ0) is 14.0. The molecule has 0 aliphatic carbocycles. The lowest BCUT2D eigenvalue weighted by Gasteiger charge is -2.29. The Morgan fingerprint density at radius 1 is 1.37 bits per heavy atom. The lowest BCUT2D eigenvalue weighted by molar-refractivity contribution is -0.141. The van der Waals surface area contributed by atoms with Crippen molar-refractivity contribution in [2.24, 2.45) is 5.92 Å². The Morgan fingerprint density at radius 3 is 2.53 bits per heavy atom. The van der Waals surface area contributed by atoms with Gasteiger partial charge in [-0.25, -0.2) is 4.98 Å². The van der Waals surface area contributed by atoms with Crippen LogP contribution in [0.3, 0.4) is 0 Å². The van der Waals surface area contributed by atoms with Gasteiger partial charge in [0.25, 0.3) is 5.56 Å². The smallest absolute Gasteiger partial charge is 0.306 e. The Balaban J connectivity index is 2.08. The Morgan fingerprint density at radius 2 is 2.00 bits per heavy atom. The normalized spacial score (nSPS) is 18.7. The molecular formula is C12H16F3N3O. The molecule has 2 heterocycles. The van der Waals surface area contributed by atoms with Crippen molar-refractivity contribution >= 4 is 0 Å². The molecule has 1 aliphatic rings. The van der Waals surface area contributed by atoms with Gasteiger partial charge in [-0.1, -0.05) is 0 Å². The predicted molar refractivity (Wildman–Crippen MR) is 63.7 cm³/mol. The van der Waals surface area contributed by atoms with Gasteiger partial charge >= 0.3 is 6.18 Å². The third kappa shape index (κ3) is 3.56. The fraction of sp³-hybridized carbons (Fsp3) is 0.667. The van der Waals surface area contributed by atoms with Crippen LogP contribution in [0.15, 0.2) is 17.2 Å². The number of rotatable bonds is 2. The van der Waals surface area contributed by atoms with Crippen molar-refractivity contribution in [3.05, 3.63) is 28.4 Å². The van der Waals surface area contributed by atoms with E-state index in [1.165, 1.54) is 4.57 Å². The van der Waals surface area contributed by atoms with Gasteiger partial charge in [0.1, 0.15) is 0 Å². The molecule has 7 heteroatoms. The van der Waals surface area contributed by atoms with Crippen molar-refractivity contribution in [2.75, 3.05) is 20.1 Å². The van der Waals surface area contributed by atoms with Gasteiger partial charge in [0.15, 0.2) is 5.69 Å². The number of aromatic nitrogens is 2. The van der Waals surface area contributed by atoms with Crippen molar-refractivity contribution < 1.29 is 13.2 Å². The molecule has 0 radical (unpaired) electrons. The molecule has 0 unspecified atom stereocenters. The number of halogens is 3.